The summed E-state index contributed by atoms with van der Waals surface area (Å²) in [6.07, 6.45) is 6.12. The van der Waals surface area contributed by atoms with Crippen molar-refractivity contribution in [3.05, 3.63) is 40.5 Å². The molecule has 1 heterocycles. The molecule has 0 aliphatic heterocycles. The summed E-state index contributed by atoms with van der Waals surface area (Å²) in [5, 5.41) is 1.23. The van der Waals surface area contributed by atoms with Gasteiger partial charge in [-0.2, -0.15) is 12.6 Å². The van der Waals surface area contributed by atoms with Gasteiger partial charge in [0, 0.05) is 32.9 Å². The fourth-order valence-electron chi connectivity index (χ4n) is 1.48. The van der Waals surface area contributed by atoms with Crippen molar-refractivity contribution in [3.8, 4) is 0 Å². The Morgan fingerprint density at radius 2 is 2.29 bits per heavy atom. The third-order valence-corrected chi connectivity index (χ3v) is 2.96. The van der Waals surface area contributed by atoms with Crippen LogP contribution < -0.4 is 0 Å². The molecule has 14 heavy (non-hydrogen) atoms. The minimum Gasteiger partial charge on any atom is -0.361 e. The van der Waals surface area contributed by atoms with Gasteiger partial charge < -0.3 is 4.98 Å². The molecule has 0 amide bonds. The Balaban J connectivity index is 2.61. The van der Waals surface area contributed by atoms with E-state index in [0.717, 1.165) is 15.7 Å². The number of rotatable bonds is 2. The maximum Gasteiger partial charge on any atom is 0.0471 e. The largest absolute Gasteiger partial charge is 0.361 e. The minimum atomic E-state index is 0.761. The molecule has 1 aromatic carbocycles. The molecule has 0 aliphatic carbocycles. The first-order chi connectivity index (χ1) is 6.83. The molecule has 0 spiro atoms. The van der Waals surface area contributed by atoms with E-state index in [2.05, 4.69) is 45.7 Å². The highest BCUT2D eigenvalue weighted by Gasteiger charge is 2.03. The summed E-state index contributed by atoms with van der Waals surface area (Å²) in [7, 11) is 0. The highest BCUT2D eigenvalue weighted by Crippen LogP contribution is 2.27. The quantitative estimate of drug-likeness (QED) is 0.769. The van der Waals surface area contributed by atoms with Crippen LogP contribution >= 0.6 is 28.6 Å². The van der Waals surface area contributed by atoms with E-state index >= 15 is 0 Å². The first-order valence-electron chi connectivity index (χ1n) is 4.36. The Morgan fingerprint density at radius 1 is 1.43 bits per heavy atom. The number of benzene rings is 1. The van der Waals surface area contributed by atoms with Gasteiger partial charge in [0.1, 0.15) is 0 Å². The second-order valence-corrected chi connectivity index (χ2v) is 4.21. The molecule has 0 aliphatic rings. The number of H-pyrrole nitrogens is 1. The van der Waals surface area contributed by atoms with Crippen molar-refractivity contribution in [1.29, 1.82) is 0 Å². The van der Waals surface area contributed by atoms with Crippen LogP contribution in [-0.4, -0.2) is 10.7 Å². The van der Waals surface area contributed by atoms with Gasteiger partial charge in [-0.15, -0.1) is 0 Å². The topological polar surface area (TPSA) is 15.8 Å². The van der Waals surface area contributed by atoms with Crippen LogP contribution in [0.4, 0.5) is 0 Å². The number of thiol groups is 1. The number of fused-ring (bicyclic) bond motifs is 1. The van der Waals surface area contributed by atoms with E-state index in [1.165, 1.54) is 10.9 Å². The summed E-state index contributed by atoms with van der Waals surface area (Å²) in [6, 6.07) is 6.14. The van der Waals surface area contributed by atoms with Crippen LogP contribution in [0.2, 0.25) is 0 Å². The molecule has 1 N–H and O–H groups in total. The van der Waals surface area contributed by atoms with Gasteiger partial charge in [0.15, 0.2) is 0 Å². The molecule has 1 aromatic heterocycles. The molecule has 0 fully saturated rings. The summed E-state index contributed by atoms with van der Waals surface area (Å²) in [6.45, 7) is 0. The zero-order valence-corrected chi connectivity index (χ0v) is 9.98. The second kappa shape index (κ2) is 4.24. The molecule has 0 radical (unpaired) electrons. The predicted molar refractivity (Wildman–Crippen MR) is 68.9 cm³/mol. The van der Waals surface area contributed by atoms with Crippen LogP contribution in [0.25, 0.3) is 17.0 Å². The molecule has 2 rings (SSSR count). The Labute approximate surface area is 96.8 Å². The SMILES string of the molecule is SCC=Cc1c[nH]c2cccc(Br)c12. The van der Waals surface area contributed by atoms with Gasteiger partial charge in [-0.05, 0) is 12.1 Å². The van der Waals surface area contributed by atoms with Crippen LogP contribution in [-0.2, 0) is 0 Å². The van der Waals surface area contributed by atoms with E-state index < -0.39 is 0 Å². The van der Waals surface area contributed by atoms with Crippen LogP contribution in [0, 0.1) is 0 Å². The van der Waals surface area contributed by atoms with Crippen LogP contribution in [0.15, 0.2) is 34.9 Å². The van der Waals surface area contributed by atoms with Gasteiger partial charge >= 0.3 is 0 Å². The Morgan fingerprint density at radius 3 is 3.07 bits per heavy atom. The van der Waals surface area contributed by atoms with Crippen LogP contribution in [0.3, 0.4) is 0 Å². The molecular weight excluding hydrogens is 258 g/mol. The van der Waals surface area contributed by atoms with Crippen molar-refractivity contribution in [2.45, 2.75) is 0 Å². The van der Waals surface area contributed by atoms with Crippen molar-refractivity contribution in [3.63, 3.8) is 0 Å². The summed E-state index contributed by atoms with van der Waals surface area (Å²) in [5.41, 5.74) is 2.35. The molecule has 0 unspecified atom stereocenters. The summed E-state index contributed by atoms with van der Waals surface area (Å²) >= 11 is 7.69. The molecule has 0 saturated carbocycles. The summed E-state index contributed by atoms with van der Waals surface area (Å²) in [5.74, 6) is 0.761. The van der Waals surface area contributed by atoms with Crippen molar-refractivity contribution >= 4 is 45.5 Å². The lowest BCUT2D eigenvalue weighted by Gasteiger charge is -1.95. The smallest absolute Gasteiger partial charge is 0.0471 e. The number of hydrogen-bond donors (Lipinski definition) is 2. The van der Waals surface area contributed by atoms with E-state index in [4.69, 9.17) is 0 Å². The molecule has 0 saturated heterocycles. The number of hydrogen-bond acceptors (Lipinski definition) is 1. The van der Waals surface area contributed by atoms with E-state index in [9.17, 15) is 0 Å². The van der Waals surface area contributed by atoms with E-state index in [1.807, 2.05) is 24.4 Å². The zero-order chi connectivity index (χ0) is 9.97. The number of aromatic amines is 1. The molecule has 72 valence electrons. The molecule has 2 aromatic rings. The summed E-state index contributed by atoms with van der Waals surface area (Å²) in [4.78, 5) is 3.23. The van der Waals surface area contributed by atoms with Gasteiger partial charge in [0.2, 0.25) is 0 Å². The first kappa shape index (κ1) is 9.87. The summed E-state index contributed by atoms with van der Waals surface area (Å²) < 4.78 is 1.12. The van der Waals surface area contributed by atoms with E-state index in [0.29, 0.717) is 0 Å². The Bertz CT molecular complexity index is 473. The van der Waals surface area contributed by atoms with Gasteiger partial charge in [-0.3, -0.25) is 0 Å². The highest BCUT2D eigenvalue weighted by molar-refractivity contribution is 9.10. The van der Waals surface area contributed by atoms with E-state index in [1.54, 1.807) is 0 Å². The van der Waals surface area contributed by atoms with Crippen LogP contribution in [0.1, 0.15) is 5.56 Å². The van der Waals surface area contributed by atoms with Crippen molar-refractivity contribution in [1.82, 2.24) is 4.98 Å². The number of aromatic nitrogens is 1. The normalized spacial score (nSPS) is 11.6. The third-order valence-electron chi connectivity index (χ3n) is 2.09. The van der Waals surface area contributed by atoms with Crippen molar-refractivity contribution < 1.29 is 0 Å². The van der Waals surface area contributed by atoms with Gasteiger partial charge in [0.25, 0.3) is 0 Å². The fraction of sp³-hybridized carbons (Fsp3) is 0.0909. The average Bonchev–Trinajstić information content (AvgIpc) is 2.59. The van der Waals surface area contributed by atoms with E-state index in [-0.39, 0.29) is 0 Å². The molecule has 0 bridgehead atoms. The highest BCUT2D eigenvalue weighted by atomic mass is 79.9. The first-order valence-corrected chi connectivity index (χ1v) is 5.78. The number of nitrogens with one attached hydrogen (secondary N) is 1. The second-order valence-electron chi connectivity index (χ2n) is 2.99. The standard InChI is InChI=1S/C11H10BrNS/c12-9-4-1-5-10-11(9)8(7-13-10)3-2-6-14/h1-5,7,13-14H,6H2. The van der Waals surface area contributed by atoms with Crippen LogP contribution in [0.5, 0.6) is 0 Å². The van der Waals surface area contributed by atoms with Crippen molar-refractivity contribution in [2.75, 3.05) is 5.75 Å². The Kier molecular flexibility index (Phi) is 2.99. The molecular formula is C11H10BrNS. The third kappa shape index (κ3) is 1.74. The average molecular weight is 268 g/mol. The lowest BCUT2D eigenvalue weighted by atomic mass is 10.2. The fourth-order valence-corrected chi connectivity index (χ4v) is 2.18. The zero-order valence-electron chi connectivity index (χ0n) is 7.50. The lowest BCUT2D eigenvalue weighted by molar-refractivity contribution is 1.47. The molecule has 1 nitrogen and oxygen atoms in total. The van der Waals surface area contributed by atoms with Crippen molar-refractivity contribution in [2.24, 2.45) is 0 Å². The lowest BCUT2D eigenvalue weighted by Crippen LogP contribution is -1.72. The Hall–Kier alpha value is -0.670. The molecule has 0 atom stereocenters. The maximum atomic E-state index is 4.14. The van der Waals surface area contributed by atoms with Gasteiger partial charge in [-0.25, -0.2) is 0 Å². The molecule has 3 heteroatoms. The van der Waals surface area contributed by atoms with Gasteiger partial charge in [0.05, 0.1) is 0 Å². The maximum absolute atomic E-state index is 4.14. The predicted octanol–water partition coefficient (Wildman–Crippen LogP) is 3.87. The number of halogens is 1. The van der Waals surface area contributed by atoms with Gasteiger partial charge in [-0.1, -0.05) is 34.1 Å². The minimum absolute atomic E-state index is 0.761. The monoisotopic (exact) mass is 267 g/mol.